The van der Waals surface area contributed by atoms with Crippen LogP contribution < -0.4 is 11.1 Å². The number of para-hydroxylation sites is 1. The quantitative estimate of drug-likeness (QED) is 0.585. The van der Waals surface area contributed by atoms with E-state index in [1.54, 1.807) is 30.4 Å². The summed E-state index contributed by atoms with van der Waals surface area (Å²) in [6, 6.07) is 14.5. The maximum Gasteiger partial charge on any atom is 0.407 e. The van der Waals surface area contributed by atoms with Crippen LogP contribution in [0, 0.1) is 0 Å². The van der Waals surface area contributed by atoms with Gasteiger partial charge in [0.2, 0.25) is 0 Å². The van der Waals surface area contributed by atoms with Crippen LogP contribution >= 0.6 is 0 Å². The van der Waals surface area contributed by atoms with Crippen molar-refractivity contribution in [2.45, 2.75) is 6.61 Å². The number of anilines is 1. The molecule has 0 radical (unpaired) electrons. The van der Waals surface area contributed by atoms with Crippen LogP contribution in [0.3, 0.4) is 0 Å². The molecule has 4 N–H and O–H groups in total. The summed E-state index contributed by atoms with van der Waals surface area (Å²) in [5.74, 6) is 0.0328. The first kappa shape index (κ1) is 15.4. The highest BCUT2D eigenvalue weighted by molar-refractivity contribution is 5.69. The average Bonchev–Trinajstić information content (AvgIpc) is 2.54. The maximum atomic E-state index is 11.5. The lowest BCUT2D eigenvalue weighted by atomic mass is 10.1. The highest BCUT2D eigenvalue weighted by Gasteiger charge is 2.02. The smallest absolute Gasteiger partial charge is 0.407 e. The van der Waals surface area contributed by atoms with Gasteiger partial charge in [-0.25, -0.2) is 4.79 Å². The number of hydrogen-bond acceptors (Lipinski definition) is 4. The van der Waals surface area contributed by atoms with E-state index in [0.717, 1.165) is 5.56 Å². The molecule has 0 bridgehead atoms. The Balaban J connectivity index is 1.75. The molecule has 114 valence electrons. The summed E-state index contributed by atoms with van der Waals surface area (Å²) in [7, 11) is 0. The molecule has 0 saturated carbocycles. The van der Waals surface area contributed by atoms with Gasteiger partial charge in [-0.2, -0.15) is 0 Å². The van der Waals surface area contributed by atoms with Gasteiger partial charge in [0.25, 0.3) is 0 Å². The number of carbonyl (C=O) groups excluding carboxylic acids is 1. The van der Waals surface area contributed by atoms with Crippen molar-refractivity contribution < 1.29 is 14.6 Å². The molecule has 1 amide bonds. The van der Waals surface area contributed by atoms with Gasteiger partial charge in [-0.15, -0.1) is 0 Å². The molecule has 2 aromatic rings. The van der Waals surface area contributed by atoms with Gasteiger partial charge in [-0.3, -0.25) is 0 Å². The molecule has 0 aliphatic carbocycles. The number of ether oxygens (including phenoxy) is 1. The number of rotatable bonds is 5. The Kier molecular flexibility index (Phi) is 5.43. The number of phenols is 1. The van der Waals surface area contributed by atoms with Crippen LogP contribution in [0.4, 0.5) is 10.5 Å². The predicted molar refractivity (Wildman–Crippen MR) is 86.2 cm³/mol. The Morgan fingerprint density at radius 2 is 1.95 bits per heavy atom. The van der Waals surface area contributed by atoms with Gasteiger partial charge in [0.05, 0.1) is 5.69 Å². The summed E-state index contributed by atoms with van der Waals surface area (Å²) in [6.45, 7) is 0.522. The molecule has 2 rings (SSSR count). The highest BCUT2D eigenvalue weighted by atomic mass is 16.5. The van der Waals surface area contributed by atoms with Gasteiger partial charge >= 0.3 is 6.09 Å². The minimum atomic E-state index is -0.495. The van der Waals surface area contributed by atoms with Crippen LogP contribution in [0.1, 0.15) is 11.1 Å². The van der Waals surface area contributed by atoms with E-state index in [1.807, 2.05) is 30.3 Å². The Hall–Kier alpha value is -2.95. The fourth-order valence-corrected chi connectivity index (χ4v) is 1.82. The lowest BCUT2D eigenvalue weighted by Gasteiger charge is -2.05. The number of alkyl carbamates (subject to hydrolysis) is 1. The molecule has 0 aliphatic heterocycles. The van der Waals surface area contributed by atoms with E-state index in [9.17, 15) is 9.90 Å². The molecular formula is C17H18N2O3. The van der Waals surface area contributed by atoms with Crippen molar-refractivity contribution in [3.63, 3.8) is 0 Å². The molecule has 0 heterocycles. The first-order valence-electron chi connectivity index (χ1n) is 6.85. The number of carbonyl (C=O) groups is 1. The molecule has 0 atom stereocenters. The Labute approximate surface area is 129 Å². The second kappa shape index (κ2) is 7.73. The van der Waals surface area contributed by atoms with E-state index >= 15 is 0 Å². The number of nitrogen functional groups attached to an aromatic ring is 1. The predicted octanol–water partition coefficient (Wildman–Crippen LogP) is 2.91. The van der Waals surface area contributed by atoms with E-state index in [0.29, 0.717) is 17.8 Å². The van der Waals surface area contributed by atoms with Crippen molar-refractivity contribution >= 4 is 17.9 Å². The van der Waals surface area contributed by atoms with Crippen LogP contribution in [0.5, 0.6) is 5.75 Å². The summed E-state index contributed by atoms with van der Waals surface area (Å²) in [5, 5.41) is 12.3. The molecule has 5 nitrogen and oxygen atoms in total. The largest absolute Gasteiger partial charge is 0.505 e. The van der Waals surface area contributed by atoms with Crippen molar-refractivity contribution in [2.24, 2.45) is 0 Å². The summed E-state index contributed by atoms with van der Waals surface area (Å²) in [4.78, 5) is 11.5. The molecule has 5 heteroatoms. The highest BCUT2D eigenvalue weighted by Crippen LogP contribution is 2.25. The van der Waals surface area contributed by atoms with Crippen molar-refractivity contribution in [3.8, 4) is 5.75 Å². The summed E-state index contributed by atoms with van der Waals surface area (Å²) in [6.07, 6.45) is 2.90. The minimum Gasteiger partial charge on any atom is -0.505 e. The van der Waals surface area contributed by atoms with Gasteiger partial charge in [-0.05, 0) is 11.6 Å². The SMILES string of the molecule is Nc1cccc(C=CCNC(=O)OCc2ccccc2)c1O. The molecule has 0 spiro atoms. The number of nitrogens with one attached hydrogen (secondary N) is 1. The second-order valence-electron chi connectivity index (χ2n) is 4.63. The Morgan fingerprint density at radius 3 is 2.73 bits per heavy atom. The van der Waals surface area contributed by atoms with E-state index in [1.165, 1.54) is 0 Å². The number of phenolic OH excluding ortho intramolecular Hbond substituents is 1. The third-order valence-electron chi connectivity index (χ3n) is 2.97. The normalized spacial score (nSPS) is 10.5. The van der Waals surface area contributed by atoms with E-state index < -0.39 is 6.09 Å². The third-order valence-corrected chi connectivity index (χ3v) is 2.97. The van der Waals surface area contributed by atoms with Crippen molar-refractivity contribution in [1.29, 1.82) is 0 Å². The van der Waals surface area contributed by atoms with Crippen LogP contribution in [0.15, 0.2) is 54.6 Å². The molecular weight excluding hydrogens is 280 g/mol. The topological polar surface area (TPSA) is 84.6 Å². The maximum absolute atomic E-state index is 11.5. The fourth-order valence-electron chi connectivity index (χ4n) is 1.82. The lowest BCUT2D eigenvalue weighted by molar-refractivity contribution is 0.141. The third kappa shape index (κ3) is 4.56. The molecule has 0 unspecified atom stereocenters. The van der Waals surface area contributed by atoms with Gasteiger partial charge in [0, 0.05) is 12.1 Å². The summed E-state index contributed by atoms with van der Waals surface area (Å²) in [5.41, 5.74) is 7.44. The van der Waals surface area contributed by atoms with Crippen LogP contribution in [0.25, 0.3) is 6.08 Å². The Bertz CT molecular complexity index is 654. The number of hydrogen-bond donors (Lipinski definition) is 3. The number of amides is 1. The molecule has 0 saturated heterocycles. The molecule has 2 aromatic carbocycles. The fraction of sp³-hybridized carbons (Fsp3) is 0.118. The number of nitrogens with two attached hydrogens (primary N) is 1. The molecule has 0 aromatic heterocycles. The first-order valence-corrected chi connectivity index (χ1v) is 6.85. The van der Waals surface area contributed by atoms with E-state index in [-0.39, 0.29) is 12.4 Å². The standard InChI is InChI=1S/C17H18N2O3/c18-15-10-4-8-14(16(15)20)9-5-11-19-17(21)22-12-13-6-2-1-3-7-13/h1-10,20H,11-12,18H2,(H,19,21). The molecule has 0 fully saturated rings. The van der Waals surface area contributed by atoms with Crippen molar-refractivity contribution in [1.82, 2.24) is 5.32 Å². The zero-order chi connectivity index (χ0) is 15.8. The van der Waals surface area contributed by atoms with E-state index in [2.05, 4.69) is 5.32 Å². The van der Waals surface area contributed by atoms with Gasteiger partial charge in [0.15, 0.2) is 0 Å². The second-order valence-corrected chi connectivity index (χ2v) is 4.63. The van der Waals surface area contributed by atoms with Crippen LogP contribution in [0.2, 0.25) is 0 Å². The zero-order valence-corrected chi connectivity index (χ0v) is 12.0. The first-order chi connectivity index (χ1) is 10.7. The van der Waals surface area contributed by atoms with E-state index in [4.69, 9.17) is 10.5 Å². The summed E-state index contributed by atoms with van der Waals surface area (Å²) < 4.78 is 5.07. The van der Waals surface area contributed by atoms with Gasteiger partial charge < -0.3 is 20.9 Å². The Morgan fingerprint density at radius 1 is 1.18 bits per heavy atom. The van der Waals surface area contributed by atoms with Gasteiger partial charge in [-0.1, -0.05) is 54.6 Å². The van der Waals surface area contributed by atoms with Gasteiger partial charge in [0.1, 0.15) is 12.4 Å². The lowest BCUT2D eigenvalue weighted by Crippen LogP contribution is -2.24. The number of benzene rings is 2. The monoisotopic (exact) mass is 298 g/mol. The summed E-state index contributed by atoms with van der Waals surface area (Å²) >= 11 is 0. The molecule has 22 heavy (non-hydrogen) atoms. The average molecular weight is 298 g/mol. The van der Waals surface area contributed by atoms with Crippen molar-refractivity contribution in [2.75, 3.05) is 12.3 Å². The minimum absolute atomic E-state index is 0.0328. The van der Waals surface area contributed by atoms with Crippen LogP contribution in [-0.4, -0.2) is 17.7 Å². The molecule has 0 aliphatic rings. The number of aromatic hydroxyl groups is 1. The van der Waals surface area contributed by atoms with Crippen LogP contribution in [-0.2, 0) is 11.3 Å². The zero-order valence-electron chi connectivity index (χ0n) is 12.0. The van der Waals surface area contributed by atoms with Crippen molar-refractivity contribution in [3.05, 3.63) is 65.7 Å².